The molecule has 2 heterocycles. The van der Waals surface area contributed by atoms with Crippen molar-refractivity contribution < 1.29 is 24.1 Å². The van der Waals surface area contributed by atoms with Gasteiger partial charge >= 0.3 is 0 Å². The van der Waals surface area contributed by atoms with Crippen molar-refractivity contribution in [2.75, 3.05) is 26.4 Å². The van der Waals surface area contributed by atoms with Crippen molar-refractivity contribution in [1.82, 2.24) is 0 Å². The van der Waals surface area contributed by atoms with E-state index in [0.717, 1.165) is 45.3 Å². The molecule has 5 rings (SSSR count). The number of benzene rings is 3. The summed E-state index contributed by atoms with van der Waals surface area (Å²) >= 11 is 0. The fourth-order valence-corrected chi connectivity index (χ4v) is 3.39. The predicted octanol–water partition coefficient (Wildman–Crippen LogP) is 4.27. The van der Waals surface area contributed by atoms with E-state index in [1.165, 1.54) is 0 Å². The van der Waals surface area contributed by atoms with Crippen LogP contribution < -0.4 is 18.9 Å². The number of hydrogen-bond donors (Lipinski definition) is 1. The summed E-state index contributed by atoms with van der Waals surface area (Å²) in [5.74, 6) is 3.15. The Balaban J connectivity index is 1.55. The molecule has 5 nitrogen and oxygen atoms in total. The predicted molar refractivity (Wildman–Crippen MR) is 101 cm³/mol. The topological polar surface area (TPSA) is 57.2 Å². The molecule has 0 aliphatic carbocycles. The third-order valence-corrected chi connectivity index (χ3v) is 4.67. The van der Waals surface area contributed by atoms with Crippen LogP contribution in [-0.2, 0) is 0 Å². The molecular weight excluding hydrogens is 344 g/mol. The maximum absolute atomic E-state index is 10.3. The molecule has 0 fully saturated rings. The Kier molecular flexibility index (Phi) is 3.78. The summed E-state index contributed by atoms with van der Waals surface area (Å²) in [5.41, 5.74) is 3.71. The summed E-state index contributed by atoms with van der Waals surface area (Å²) in [4.78, 5) is 0. The second-order valence-electron chi connectivity index (χ2n) is 6.49. The normalized spacial score (nSPS) is 14.7. The quantitative estimate of drug-likeness (QED) is 0.738. The molecule has 0 spiro atoms. The highest BCUT2D eigenvalue weighted by molar-refractivity contribution is 5.77. The van der Waals surface area contributed by atoms with Crippen LogP contribution in [0.4, 0.5) is 0 Å². The third kappa shape index (κ3) is 3.01. The molecule has 0 saturated carbocycles. The molecule has 0 radical (unpaired) electrons. The molecule has 0 aromatic heterocycles. The molecule has 1 N–H and O–H groups in total. The Morgan fingerprint density at radius 3 is 1.41 bits per heavy atom. The SMILES string of the molecule is Oc1cc(-c2ccc3c(c2)OCCO3)cc(-c2ccc3c(c2)OCCO3)c1. The highest BCUT2D eigenvalue weighted by atomic mass is 16.6. The van der Waals surface area contributed by atoms with Gasteiger partial charge in [-0.2, -0.15) is 0 Å². The second kappa shape index (κ2) is 6.43. The maximum atomic E-state index is 10.3. The van der Waals surface area contributed by atoms with Crippen molar-refractivity contribution in [3.63, 3.8) is 0 Å². The first kappa shape index (κ1) is 15.9. The first-order chi connectivity index (χ1) is 13.3. The summed E-state index contributed by atoms with van der Waals surface area (Å²) in [6.07, 6.45) is 0. The Labute approximate surface area is 156 Å². The average Bonchev–Trinajstić information content (AvgIpc) is 2.72. The fraction of sp³-hybridized carbons (Fsp3) is 0.182. The molecular formula is C22H18O5. The van der Waals surface area contributed by atoms with E-state index >= 15 is 0 Å². The molecule has 3 aromatic rings. The first-order valence-electron chi connectivity index (χ1n) is 8.90. The number of rotatable bonds is 2. The van der Waals surface area contributed by atoms with E-state index in [2.05, 4.69) is 0 Å². The van der Waals surface area contributed by atoms with Crippen LogP contribution in [0, 0.1) is 0 Å². The highest BCUT2D eigenvalue weighted by Gasteiger charge is 2.15. The lowest BCUT2D eigenvalue weighted by molar-refractivity contribution is 0.171. The number of phenolic OH excluding ortho intramolecular Hbond substituents is 1. The number of fused-ring (bicyclic) bond motifs is 2. The van der Waals surface area contributed by atoms with Gasteiger partial charge < -0.3 is 24.1 Å². The molecule has 3 aromatic carbocycles. The van der Waals surface area contributed by atoms with E-state index in [4.69, 9.17) is 18.9 Å². The Bertz CT molecular complexity index is 934. The Morgan fingerprint density at radius 1 is 0.481 bits per heavy atom. The molecule has 0 atom stereocenters. The fourth-order valence-electron chi connectivity index (χ4n) is 3.39. The minimum Gasteiger partial charge on any atom is -0.508 e. The van der Waals surface area contributed by atoms with Gasteiger partial charge in [0, 0.05) is 0 Å². The van der Waals surface area contributed by atoms with Crippen LogP contribution in [0.5, 0.6) is 28.7 Å². The van der Waals surface area contributed by atoms with Crippen LogP contribution in [0.15, 0.2) is 54.6 Å². The number of aromatic hydroxyl groups is 1. The monoisotopic (exact) mass is 362 g/mol. The molecule has 136 valence electrons. The van der Waals surface area contributed by atoms with Crippen LogP contribution in [-0.4, -0.2) is 31.5 Å². The van der Waals surface area contributed by atoms with E-state index in [9.17, 15) is 5.11 Å². The van der Waals surface area contributed by atoms with E-state index in [-0.39, 0.29) is 5.75 Å². The van der Waals surface area contributed by atoms with Gasteiger partial charge in [-0.15, -0.1) is 0 Å². The van der Waals surface area contributed by atoms with Gasteiger partial charge in [0.05, 0.1) is 0 Å². The largest absolute Gasteiger partial charge is 0.508 e. The number of ether oxygens (including phenoxy) is 4. The zero-order valence-corrected chi connectivity index (χ0v) is 14.6. The summed E-state index contributed by atoms with van der Waals surface area (Å²) in [6.45, 7) is 2.21. The van der Waals surface area contributed by atoms with E-state index < -0.39 is 0 Å². The molecule has 0 amide bonds. The number of hydrogen-bond acceptors (Lipinski definition) is 5. The van der Waals surface area contributed by atoms with Crippen molar-refractivity contribution in [3.05, 3.63) is 54.6 Å². The lowest BCUT2D eigenvalue weighted by Gasteiger charge is -2.20. The summed E-state index contributed by atoms with van der Waals surface area (Å²) < 4.78 is 22.5. The van der Waals surface area contributed by atoms with Crippen LogP contribution in [0.3, 0.4) is 0 Å². The molecule has 27 heavy (non-hydrogen) atoms. The van der Waals surface area contributed by atoms with E-state index in [1.807, 2.05) is 42.5 Å². The minimum atomic E-state index is 0.201. The van der Waals surface area contributed by atoms with Crippen molar-refractivity contribution in [2.45, 2.75) is 0 Å². The molecule has 2 aliphatic rings. The van der Waals surface area contributed by atoms with Crippen LogP contribution in [0.2, 0.25) is 0 Å². The van der Waals surface area contributed by atoms with Crippen molar-refractivity contribution in [3.8, 4) is 51.0 Å². The summed E-state index contributed by atoms with van der Waals surface area (Å²) in [6, 6.07) is 17.1. The van der Waals surface area contributed by atoms with Gasteiger partial charge in [-0.25, -0.2) is 0 Å². The van der Waals surface area contributed by atoms with E-state index in [1.54, 1.807) is 12.1 Å². The van der Waals surface area contributed by atoms with Crippen LogP contribution in [0.25, 0.3) is 22.3 Å². The highest BCUT2D eigenvalue weighted by Crippen LogP contribution is 2.39. The Hall–Kier alpha value is -3.34. The minimum absolute atomic E-state index is 0.201. The standard InChI is InChI=1S/C22H18O5/c23-18-10-16(14-1-3-19-21(12-14)26-7-5-24-19)9-17(11-18)15-2-4-20-22(13-15)27-8-6-25-20/h1-4,9-13,23H,5-8H2. The van der Waals surface area contributed by atoms with Gasteiger partial charge in [-0.05, 0) is 64.7 Å². The van der Waals surface area contributed by atoms with Gasteiger partial charge in [0.25, 0.3) is 0 Å². The van der Waals surface area contributed by atoms with Crippen molar-refractivity contribution >= 4 is 0 Å². The van der Waals surface area contributed by atoms with Gasteiger partial charge in [-0.3, -0.25) is 0 Å². The third-order valence-electron chi connectivity index (χ3n) is 4.67. The van der Waals surface area contributed by atoms with Gasteiger partial charge in [0.2, 0.25) is 0 Å². The van der Waals surface area contributed by atoms with Gasteiger partial charge in [0.1, 0.15) is 32.2 Å². The van der Waals surface area contributed by atoms with Crippen LogP contribution in [0.1, 0.15) is 0 Å². The summed E-state index contributed by atoms with van der Waals surface area (Å²) in [7, 11) is 0. The average molecular weight is 362 g/mol. The zero-order valence-electron chi connectivity index (χ0n) is 14.6. The molecule has 0 bridgehead atoms. The first-order valence-corrected chi connectivity index (χ1v) is 8.90. The van der Waals surface area contributed by atoms with Crippen LogP contribution >= 0.6 is 0 Å². The van der Waals surface area contributed by atoms with E-state index in [0.29, 0.717) is 26.4 Å². The Morgan fingerprint density at radius 2 is 0.926 bits per heavy atom. The molecule has 2 aliphatic heterocycles. The number of phenols is 1. The second-order valence-corrected chi connectivity index (χ2v) is 6.49. The smallest absolute Gasteiger partial charge is 0.161 e. The lowest BCUT2D eigenvalue weighted by atomic mass is 9.98. The molecule has 5 heteroatoms. The maximum Gasteiger partial charge on any atom is 0.161 e. The van der Waals surface area contributed by atoms with Crippen molar-refractivity contribution in [1.29, 1.82) is 0 Å². The molecule has 0 unspecified atom stereocenters. The molecule has 0 saturated heterocycles. The summed E-state index contributed by atoms with van der Waals surface area (Å²) in [5, 5.41) is 10.3. The van der Waals surface area contributed by atoms with Crippen molar-refractivity contribution in [2.24, 2.45) is 0 Å². The zero-order chi connectivity index (χ0) is 18.2. The van der Waals surface area contributed by atoms with Gasteiger partial charge in [0.15, 0.2) is 23.0 Å². The lowest BCUT2D eigenvalue weighted by Crippen LogP contribution is -2.15. The van der Waals surface area contributed by atoms with Gasteiger partial charge in [-0.1, -0.05) is 12.1 Å².